The first-order chi connectivity index (χ1) is 29.5. The fraction of sp³-hybridized carbons (Fsp3) is 0.477. The number of rotatable bonds is 12. The number of methoxy groups -OCH3 is 1. The fourth-order valence-corrected chi connectivity index (χ4v) is 11.4. The molecule has 2 aromatic heterocycles. The highest BCUT2D eigenvalue weighted by Gasteiger charge is 2.66. The predicted octanol–water partition coefficient (Wildman–Crippen LogP) is 8.19. The largest absolute Gasteiger partial charge is 0.497 e. The molecule has 2 aromatic carbocycles. The third kappa shape index (κ3) is 10.6. The number of nitrogens with zero attached hydrogens (tertiary/aromatic N) is 3. The van der Waals surface area contributed by atoms with Crippen LogP contribution >= 0.6 is 18.7 Å². The van der Waals surface area contributed by atoms with Crippen LogP contribution in [-0.4, -0.2) is 86.8 Å². The number of pyridine rings is 1. The summed E-state index contributed by atoms with van der Waals surface area (Å²) in [6.07, 6.45) is -1.17. The molecule has 2 aliphatic heterocycles. The van der Waals surface area contributed by atoms with Gasteiger partial charge in [-0.15, -0.1) is 11.3 Å². The van der Waals surface area contributed by atoms with E-state index in [2.05, 4.69) is 16.0 Å². The van der Waals surface area contributed by atoms with Crippen LogP contribution in [0.2, 0.25) is 0 Å². The van der Waals surface area contributed by atoms with Gasteiger partial charge in [0, 0.05) is 47.7 Å². The number of anilines is 1. The number of alkyl halides is 3. The average molecular weight is 897 g/mol. The number of ether oxygens (including phenoxy) is 2. The van der Waals surface area contributed by atoms with E-state index in [1.807, 2.05) is 31.4 Å². The van der Waals surface area contributed by atoms with E-state index in [4.69, 9.17) is 19.4 Å². The van der Waals surface area contributed by atoms with E-state index in [-0.39, 0.29) is 38.0 Å². The van der Waals surface area contributed by atoms with Crippen molar-refractivity contribution in [2.75, 3.05) is 19.0 Å². The lowest BCUT2D eigenvalue weighted by Crippen LogP contribution is -2.55. The number of aromatic nitrogens is 2. The van der Waals surface area contributed by atoms with Gasteiger partial charge < -0.3 is 35.2 Å². The summed E-state index contributed by atoms with van der Waals surface area (Å²) in [6, 6.07) is 13.6. The number of hydrogen-bond acceptors (Lipinski definition) is 10. The molecular weight excluding hydrogens is 845 g/mol. The Morgan fingerprint density at radius 2 is 1.89 bits per heavy atom. The molecule has 2 fully saturated rings. The highest BCUT2D eigenvalue weighted by Crippen LogP contribution is 2.71. The zero-order valence-corrected chi connectivity index (χ0v) is 36.5. The molecule has 7 rings (SSSR count). The molecule has 1 aliphatic carbocycles. The lowest BCUT2D eigenvalue weighted by molar-refractivity contribution is -0.146. The van der Waals surface area contributed by atoms with Crippen molar-refractivity contribution in [1.82, 2.24) is 25.5 Å². The SMILES string of the molecule is COc1ccc2c(O[C@@H]3C[C@H]4C(=O)N[C@]5(P(=O)(O)Cc6ccccc6)C[C@H]5/C=C\CCCCC[C@H](NC(=O)CCC(F)(F)F)C(=O)N4C3)cc(-c3csc(NC(C)C)n3)nc2c1. The second kappa shape index (κ2) is 18.8. The Morgan fingerprint density at radius 3 is 2.63 bits per heavy atom. The molecule has 3 amide bonds. The molecule has 62 heavy (non-hydrogen) atoms. The molecule has 6 atom stereocenters. The van der Waals surface area contributed by atoms with Gasteiger partial charge in [0.2, 0.25) is 25.1 Å². The van der Waals surface area contributed by atoms with E-state index in [1.165, 1.54) is 16.2 Å². The van der Waals surface area contributed by atoms with Gasteiger partial charge in [0.1, 0.15) is 40.7 Å². The van der Waals surface area contributed by atoms with Crippen molar-refractivity contribution in [3.63, 3.8) is 0 Å². The summed E-state index contributed by atoms with van der Waals surface area (Å²) in [5.41, 5.74) is 2.27. The second-order valence-electron chi connectivity index (χ2n) is 16.6. The zero-order valence-electron chi connectivity index (χ0n) is 34.8. The summed E-state index contributed by atoms with van der Waals surface area (Å²) in [6.45, 7) is 3.88. The highest BCUT2D eigenvalue weighted by atomic mass is 32.1. The Balaban J connectivity index is 1.23. The quantitative estimate of drug-likeness (QED) is 0.0803. The number of halogens is 3. The van der Waals surface area contributed by atoms with Crippen molar-refractivity contribution in [3.05, 3.63) is 77.7 Å². The molecule has 332 valence electrons. The van der Waals surface area contributed by atoms with Crippen molar-refractivity contribution >= 4 is 52.5 Å². The molecule has 0 bridgehead atoms. The van der Waals surface area contributed by atoms with Gasteiger partial charge in [0.15, 0.2) is 5.13 Å². The van der Waals surface area contributed by atoms with E-state index >= 15 is 0 Å². The second-order valence-corrected chi connectivity index (χ2v) is 20.0. The van der Waals surface area contributed by atoms with Crippen LogP contribution in [0.5, 0.6) is 11.5 Å². The smallest absolute Gasteiger partial charge is 0.389 e. The van der Waals surface area contributed by atoms with Crippen LogP contribution in [0.1, 0.15) is 77.2 Å². The van der Waals surface area contributed by atoms with E-state index in [0.717, 1.165) is 0 Å². The maximum Gasteiger partial charge on any atom is 0.389 e. The van der Waals surface area contributed by atoms with Gasteiger partial charge in [0.05, 0.1) is 37.4 Å². The first-order valence-electron chi connectivity index (χ1n) is 20.9. The van der Waals surface area contributed by atoms with E-state index in [9.17, 15) is 37.0 Å². The first-order valence-corrected chi connectivity index (χ1v) is 23.7. The number of thiazole rings is 1. The van der Waals surface area contributed by atoms with Crippen molar-refractivity contribution in [3.8, 4) is 22.9 Å². The number of amides is 3. The van der Waals surface area contributed by atoms with Gasteiger partial charge in [-0.1, -0.05) is 55.3 Å². The first kappa shape index (κ1) is 45.0. The molecule has 0 spiro atoms. The zero-order chi connectivity index (χ0) is 44.2. The van der Waals surface area contributed by atoms with Crippen molar-refractivity contribution in [2.24, 2.45) is 5.92 Å². The van der Waals surface area contributed by atoms with Crippen LogP contribution in [0.15, 0.2) is 72.1 Å². The fourth-order valence-electron chi connectivity index (χ4n) is 8.22. The molecule has 4 aromatic rings. The van der Waals surface area contributed by atoms with Crippen LogP contribution in [0.3, 0.4) is 0 Å². The molecule has 18 heteroatoms. The maximum absolute atomic E-state index is 14.7. The number of benzene rings is 2. The monoisotopic (exact) mass is 896 g/mol. The van der Waals surface area contributed by atoms with Crippen molar-refractivity contribution in [2.45, 2.75) is 113 Å². The van der Waals surface area contributed by atoms with Crippen LogP contribution in [0.25, 0.3) is 22.3 Å². The normalized spacial score (nSPS) is 24.8. The molecule has 1 saturated carbocycles. The third-order valence-corrected chi connectivity index (χ3v) is 14.9. The van der Waals surface area contributed by atoms with Gasteiger partial charge in [0.25, 0.3) is 0 Å². The number of allylic oxidation sites excluding steroid dienone is 1. The Bertz CT molecular complexity index is 2350. The van der Waals surface area contributed by atoms with E-state index < -0.39 is 73.5 Å². The number of nitrogens with one attached hydrogen (secondary N) is 3. The maximum atomic E-state index is 14.7. The van der Waals surface area contributed by atoms with E-state index in [0.29, 0.717) is 70.2 Å². The Labute approximate surface area is 362 Å². The topological polar surface area (TPSA) is 172 Å². The van der Waals surface area contributed by atoms with Crippen molar-refractivity contribution < 1.29 is 46.5 Å². The summed E-state index contributed by atoms with van der Waals surface area (Å²) >= 11 is 1.42. The minimum absolute atomic E-state index is 0.0359. The number of hydrogen-bond donors (Lipinski definition) is 4. The standard InChI is InChI=1S/C44H52F3N6O7PS/c1-27(2)48-42-51-36(26-62-42)35-22-38(32-17-16-30(59-3)20-34(32)49-35)60-31-21-37-40(55)52-43(61(57,58)25-28-12-8-7-9-13-28)23-29(43)14-10-5-4-6-11-15-33(41(56)53(37)24-31)50-39(54)18-19-44(45,46)47/h7-10,12-14,16-17,20,22,26-27,29,31,33,37H,4-6,11,15,18-19,21,23-25H2,1-3H3,(H,48,51)(H,50,54)(H,52,55)(H,57,58)/b14-10-/t29-,31-,33+,37+,43+/m1/s1. The molecular formula is C44H52F3N6O7PS. The van der Waals surface area contributed by atoms with Crippen LogP contribution in [0.4, 0.5) is 18.3 Å². The highest BCUT2D eigenvalue weighted by molar-refractivity contribution is 7.59. The minimum Gasteiger partial charge on any atom is -0.497 e. The van der Waals surface area contributed by atoms with Crippen LogP contribution in [0, 0.1) is 5.92 Å². The Hall–Kier alpha value is -4.99. The molecule has 3 aliphatic rings. The number of carbonyl (C=O) groups excluding carboxylic acids is 3. The summed E-state index contributed by atoms with van der Waals surface area (Å²) in [5.74, 6) is -1.74. The van der Waals surface area contributed by atoms with Crippen LogP contribution < -0.4 is 25.4 Å². The van der Waals surface area contributed by atoms with Gasteiger partial charge in [-0.05, 0) is 57.2 Å². The minimum atomic E-state index is -4.57. The predicted molar refractivity (Wildman–Crippen MR) is 231 cm³/mol. The molecule has 13 nitrogen and oxygen atoms in total. The molecule has 4 N–H and O–H groups in total. The lowest BCUT2D eigenvalue weighted by atomic mass is 10.0. The van der Waals surface area contributed by atoms with Gasteiger partial charge in [-0.25, -0.2) is 9.97 Å². The molecule has 1 saturated heterocycles. The van der Waals surface area contributed by atoms with Gasteiger partial charge in [-0.2, -0.15) is 13.2 Å². The lowest BCUT2D eigenvalue weighted by Gasteiger charge is -2.31. The van der Waals surface area contributed by atoms with Gasteiger partial charge >= 0.3 is 6.18 Å². The average Bonchev–Trinajstić information content (AvgIpc) is 3.49. The molecule has 1 unspecified atom stereocenters. The number of carbonyl (C=O) groups is 3. The molecule has 0 radical (unpaired) electrons. The number of fused-ring (bicyclic) bond motifs is 3. The summed E-state index contributed by atoms with van der Waals surface area (Å²) in [4.78, 5) is 65.0. The van der Waals surface area contributed by atoms with E-state index in [1.54, 1.807) is 61.7 Å². The Kier molecular flexibility index (Phi) is 13.6. The van der Waals surface area contributed by atoms with Crippen LogP contribution in [-0.2, 0) is 25.1 Å². The summed E-state index contributed by atoms with van der Waals surface area (Å²) in [7, 11) is -2.60. The molecule has 4 heterocycles. The van der Waals surface area contributed by atoms with Crippen molar-refractivity contribution in [1.29, 1.82) is 0 Å². The summed E-state index contributed by atoms with van der Waals surface area (Å²) in [5, 5.41) is 10.5. The third-order valence-electron chi connectivity index (χ3n) is 11.5. The Morgan fingerprint density at radius 1 is 1.10 bits per heavy atom. The summed E-state index contributed by atoms with van der Waals surface area (Å²) < 4.78 is 66.0. The van der Waals surface area contributed by atoms with Gasteiger partial charge in [-0.3, -0.25) is 18.9 Å².